The minimum Gasteiger partial charge on any atom is -0.280 e. The van der Waals surface area contributed by atoms with E-state index in [1.165, 1.54) is 12.1 Å². The van der Waals surface area contributed by atoms with E-state index >= 15 is 0 Å². The van der Waals surface area contributed by atoms with Gasteiger partial charge in [0.25, 0.3) is 10.0 Å². The van der Waals surface area contributed by atoms with Crippen LogP contribution in [0.2, 0.25) is 0 Å². The molecular formula is C12H7Br2F2NO2S. The molecule has 0 aliphatic carbocycles. The molecule has 0 fully saturated rings. The quantitative estimate of drug-likeness (QED) is 0.795. The summed E-state index contributed by atoms with van der Waals surface area (Å²) >= 11 is 5.96. The molecule has 0 bridgehead atoms. The van der Waals surface area contributed by atoms with Gasteiger partial charge < -0.3 is 0 Å². The van der Waals surface area contributed by atoms with Crippen LogP contribution in [0.1, 0.15) is 0 Å². The lowest BCUT2D eigenvalue weighted by Gasteiger charge is -2.10. The Labute approximate surface area is 131 Å². The molecule has 8 heteroatoms. The minimum atomic E-state index is -3.90. The summed E-state index contributed by atoms with van der Waals surface area (Å²) < 4.78 is 52.9. The second-order valence-electron chi connectivity index (χ2n) is 3.81. The highest BCUT2D eigenvalue weighted by Gasteiger charge is 2.18. The van der Waals surface area contributed by atoms with Crippen molar-refractivity contribution in [2.24, 2.45) is 0 Å². The lowest BCUT2D eigenvalue weighted by Crippen LogP contribution is -2.13. The van der Waals surface area contributed by atoms with Crippen molar-refractivity contribution in [1.29, 1.82) is 0 Å². The van der Waals surface area contributed by atoms with Gasteiger partial charge in [0.05, 0.1) is 10.2 Å². The van der Waals surface area contributed by atoms with E-state index in [0.29, 0.717) is 0 Å². The van der Waals surface area contributed by atoms with Crippen molar-refractivity contribution in [2.45, 2.75) is 4.90 Å². The standard InChI is InChI=1S/C12H7Br2F2NO2S/c13-9-6-8(2-3-11(9)16)17-20(18,19)12-4-1-7(15)5-10(12)14/h1-6,17H. The van der Waals surface area contributed by atoms with E-state index in [-0.39, 0.29) is 19.5 Å². The predicted molar refractivity (Wildman–Crippen MR) is 79.0 cm³/mol. The van der Waals surface area contributed by atoms with Crippen molar-refractivity contribution in [3.63, 3.8) is 0 Å². The van der Waals surface area contributed by atoms with Crippen molar-refractivity contribution in [3.05, 3.63) is 57.0 Å². The maximum Gasteiger partial charge on any atom is 0.263 e. The molecule has 1 N–H and O–H groups in total. The normalized spacial score (nSPS) is 11.4. The molecule has 0 unspecified atom stereocenters. The highest BCUT2D eigenvalue weighted by atomic mass is 79.9. The fourth-order valence-electron chi connectivity index (χ4n) is 1.46. The molecular weight excluding hydrogens is 420 g/mol. The van der Waals surface area contributed by atoms with Crippen LogP contribution in [0.3, 0.4) is 0 Å². The number of sulfonamides is 1. The summed E-state index contributed by atoms with van der Waals surface area (Å²) in [7, 11) is -3.90. The number of anilines is 1. The van der Waals surface area contributed by atoms with Gasteiger partial charge in [-0.3, -0.25) is 4.72 Å². The molecule has 0 spiro atoms. The zero-order chi connectivity index (χ0) is 14.9. The van der Waals surface area contributed by atoms with Crippen molar-refractivity contribution in [1.82, 2.24) is 0 Å². The average Bonchev–Trinajstić information content (AvgIpc) is 2.33. The fourth-order valence-corrected chi connectivity index (χ4v) is 3.94. The third-order valence-electron chi connectivity index (χ3n) is 2.36. The summed E-state index contributed by atoms with van der Waals surface area (Å²) in [5, 5.41) is 0. The molecule has 2 rings (SSSR count). The maximum absolute atomic E-state index is 13.1. The number of hydrogen-bond donors (Lipinski definition) is 1. The van der Waals surface area contributed by atoms with Crippen molar-refractivity contribution in [2.75, 3.05) is 4.72 Å². The zero-order valence-corrected chi connectivity index (χ0v) is 13.7. The lowest BCUT2D eigenvalue weighted by molar-refractivity contribution is 0.598. The molecule has 0 amide bonds. The Morgan fingerprint density at radius 3 is 2.25 bits per heavy atom. The van der Waals surface area contributed by atoms with Crippen LogP contribution in [0.5, 0.6) is 0 Å². The van der Waals surface area contributed by atoms with E-state index in [2.05, 4.69) is 36.6 Å². The van der Waals surface area contributed by atoms with Crippen LogP contribution in [0, 0.1) is 11.6 Å². The Morgan fingerprint density at radius 1 is 0.950 bits per heavy atom. The van der Waals surface area contributed by atoms with Crippen LogP contribution in [-0.4, -0.2) is 8.42 Å². The molecule has 2 aromatic carbocycles. The van der Waals surface area contributed by atoms with Gasteiger partial charge in [-0.05, 0) is 68.3 Å². The first-order valence-electron chi connectivity index (χ1n) is 5.22. The molecule has 106 valence electrons. The molecule has 0 heterocycles. The van der Waals surface area contributed by atoms with Crippen LogP contribution >= 0.6 is 31.9 Å². The van der Waals surface area contributed by atoms with Crippen LogP contribution in [0.15, 0.2) is 50.2 Å². The molecule has 0 radical (unpaired) electrons. The van der Waals surface area contributed by atoms with Gasteiger partial charge in [0.2, 0.25) is 0 Å². The molecule has 0 saturated carbocycles. The molecule has 3 nitrogen and oxygen atoms in total. The van der Waals surface area contributed by atoms with Gasteiger partial charge in [0, 0.05) is 4.47 Å². The average molecular weight is 427 g/mol. The van der Waals surface area contributed by atoms with Gasteiger partial charge in [0.15, 0.2) is 0 Å². The minimum absolute atomic E-state index is 0.103. The number of hydrogen-bond acceptors (Lipinski definition) is 2. The van der Waals surface area contributed by atoms with Crippen molar-refractivity contribution >= 4 is 47.6 Å². The van der Waals surface area contributed by atoms with Gasteiger partial charge in [-0.15, -0.1) is 0 Å². The van der Waals surface area contributed by atoms with Gasteiger partial charge in [-0.25, -0.2) is 17.2 Å². The van der Waals surface area contributed by atoms with Crippen LogP contribution in [0.4, 0.5) is 14.5 Å². The van der Waals surface area contributed by atoms with E-state index in [0.717, 1.165) is 24.3 Å². The molecule has 20 heavy (non-hydrogen) atoms. The van der Waals surface area contributed by atoms with Gasteiger partial charge in [-0.2, -0.15) is 0 Å². The lowest BCUT2D eigenvalue weighted by atomic mass is 10.3. The number of benzene rings is 2. The third-order valence-corrected chi connectivity index (χ3v) is 5.32. The molecule has 2 aromatic rings. The van der Waals surface area contributed by atoms with Crippen molar-refractivity contribution < 1.29 is 17.2 Å². The van der Waals surface area contributed by atoms with E-state index in [1.807, 2.05) is 0 Å². The molecule has 0 saturated heterocycles. The van der Waals surface area contributed by atoms with E-state index in [4.69, 9.17) is 0 Å². The fraction of sp³-hybridized carbons (Fsp3) is 0. The highest BCUT2D eigenvalue weighted by Crippen LogP contribution is 2.26. The first-order valence-corrected chi connectivity index (χ1v) is 8.29. The number of halogens is 4. The number of nitrogens with one attached hydrogen (secondary N) is 1. The summed E-state index contributed by atoms with van der Waals surface area (Å²) in [6.45, 7) is 0. The highest BCUT2D eigenvalue weighted by molar-refractivity contribution is 9.10. The van der Waals surface area contributed by atoms with E-state index in [1.54, 1.807) is 0 Å². The Kier molecular flexibility index (Phi) is 4.46. The molecule has 0 aliphatic rings. The van der Waals surface area contributed by atoms with Crippen LogP contribution < -0.4 is 4.72 Å². The largest absolute Gasteiger partial charge is 0.280 e. The van der Waals surface area contributed by atoms with Crippen LogP contribution in [-0.2, 0) is 10.0 Å². The summed E-state index contributed by atoms with van der Waals surface area (Å²) in [5.41, 5.74) is 0.189. The summed E-state index contributed by atoms with van der Waals surface area (Å²) in [6, 6.07) is 6.94. The second-order valence-corrected chi connectivity index (χ2v) is 7.17. The van der Waals surface area contributed by atoms with E-state index in [9.17, 15) is 17.2 Å². The third kappa shape index (κ3) is 3.36. The molecule has 0 atom stereocenters. The Morgan fingerprint density at radius 2 is 1.65 bits per heavy atom. The first-order chi connectivity index (χ1) is 9.29. The predicted octanol–water partition coefficient (Wildman–Crippen LogP) is 4.29. The summed E-state index contributed by atoms with van der Waals surface area (Å²) in [6.07, 6.45) is 0. The summed E-state index contributed by atoms with van der Waals surface area (Å²) in [4.78, 5) is -0.112. The Balaban J connectivity index is 2.38. The van der Waals surface area contributed by atoms with Crippen molar-refractivity contribution in [3.8, 4) is 0 Å². The van der Waals surface area contributed by atoms with Gasteiger partial charge in [-0.1, -0.05) is 0 Å². The first kappa shape index (κ1) is 15.4. The maximum atomic E-state index is 13.1. The van der Waals surface area contributed by atoms with E-state index < -0.39 is 21.7 Å². The zero-order valence-electron chi connectivity index (χ0n) is 9.70. The number of rotatable bonds is 3. The smallest absolute Gasteiger partial charge is 0.263 e. The SMILES string of the molecule is O=S(=O)(Nc1ccc(F)c(Br)c1)c1ccc(F)cc1Br. The summed E-state index contributed by atoms with van der Waals surface area (Å²) in [5.74, 6) is -1.06. The second kappa shape index (κ2) is 5.79. The molecule has 0 aromatic heterocycles. The van der Waals surface area contributed by atoms with Gasteiger partial charge >= 0.3 is 0 Å². The Hall–Kier alpha value is -0.990. The monoisotopic (exact) mass is 425 g/mol. The topological polar surface area (TPSA) is 46.2 Å². The van der Waals surface area contributed by atoms with Crippen LogP contribution in [0.25, 0.3) is 0 Å². The molecule has 0 aliphatic heterocycles. The Bertz CT molecular complexity index is 766. The van der Waals surface area contributed by atoms with Gasteiger partial charge in [0.1, 0.15) is 16.5 Å².